The van der Waals surface area contributed by atoms with Gasteiger partial charge in [0.15, 0.2) is 17.2 Å². The van der Waals surface area contributed by atoms with Crippen LogP contribution < -0.4 is 10.6 Å². The molecule has 11 nitrogen and oxygen atoms in total. The molecule has 0 aromatic heterocycles. The van der Waals surface area contributed by atoms with Gasteiger partial charge in [0.05, 0.1) is 11.1 Å². The van der Waals surface area contributed by atoms with Crippen LogP contribution in [0.25, 0.3) is 5.76 Å². The predicted molar refractivity (Wildman–Crippen MR) is 164 cm³/mol. The molecule has 43 heavy (non-hydrogen) atoms. The number of hydrogen-bond acceptors (Lipinski definition) is 10. The SMILES string of the molecule is C.C.CNc1cc(CNCc2ccc(C(=O)O)cc2)c(O)c2c1CC1CC3CC(=O)C(C(C)=O)=C(O)[C@@]3(O)C(=O)C1=C2O.[HH].[HH]. The smallest absolute Gasteiger partial charge is 0.335 e. The lowest BCUT2D eigenvalue weighted by Crippen LogP contribution is -2.57. The number of benzene rings is 2. The normalized spacial score (nSPS) is 22.5. The molecule has 7 N–H and O–H groups in total. The van der Waals surface area contributed by atoms with Gasteiger partial charge in [0.1, 0.15) is 22.8 Å². The summed E-state index contributed by atoms with van der Waals surface area (Å²) in [7, 11) is 1.68. The Bertz CT molecular complexity index is 1580. The number of carbonyl (C=O) groups is 4. The van der Waals surface area contributed by atoms with Gasteiger partial charge in [0, 0.05) is 52.2 Å². The molecule has 3 aliphatic rings. The second-order valence-electron chi connectivity index (χ2n) is 10.7. The molecule has 5 rings (SSSR count). The summed E-state index contributed by atoms with van der Waals surface area (Å²) in [6.45, 7) is 1.58. The molecule has 0 heterocycles. The van der Waals surface area contributed by atoms with Crippen LogP contribution in [-0.4, -0.2) is 61.5 Å². The molecule has 3 aliphatic carbocycles. The topological polar surface area (TPSA) is 193 Å². The van der Waals surface area contributed by atoms with Gasteiger partial charge in [0.25, 0.3) is 0 Å². The number of ketones is 3. The van der Waals surface area contributed by atoms with E-state index in [0.29, 0.717) is 23.4 Å². The highest BCUT2D eigenvalue weighted by Gasteiger charge is 2.60. The quantitative estimate of drug-likeness (QED) is 0.177. The molecule has 0 amide bonds. The number of aliphatic hydroxyl groups excluding tert-OH is 2. The van der Waals surface area contributed by atoms with Gasteiger partial charge < -0.3 is 36.2 Å². The summed E-state index contributed by atoms with van der Waals surface area (Å²) < 4.78 is 0. The minimum absolute atomic E-state index is 0. The Labute approximate surface area is 252 Å². The average Bonchev–Trinajstić information content (AvgIpc) is 2.92. The Morgan fingerprint density at radius 2 is 1.70 bits per heavy atom. The minimum Gasteiger partial charge on any atom is -0.508 e. The Balaban J connectivity index is 0.00000253. The van der Waals surface area contributed by atoms with Crippen molar-refractivity contribution < 1.29 is 47.6 Å². The van der Waals surface area contributed by atoms with E-state index in [1.807, 2.05) is 0 Å². The van der Waals surface area contributed by atoms with Crippen LogP contribution in [0.1, 0.15) is 70.1 Å². The van der Waals surface area contributed by atoms with Crippen molar-refractivity contribution in [3.05, 3.63) is 75.1 Å². The van der Waals surface area contributed by atoms with Gasteiger partial charge >= 0.3 is 5.97 Å². The molecule has 3 atom stereocenters. The number of rotatable bonds is 7. The molecule has 1 saturated carbocycles. The minimum atomic E-state index is -2.54. The number of phenols is 1. The van der Waals surface area contributed by atoms with E-state index in [4.69, 9.17) is 5.11 Å². The van der Waals surface area contributed by atoms with Gasteiger partial charge in [-0.3, -0.25) is 14.4 Å². The van der Waals surface area contributed by atoms with Crippen LogP contribution in [0.2, 0.25) is 0 Å². The van der Waals surface area contributed by atoms with Crippen molar-refractivity contribution in [1.82, 2.24) is 5.32 Å². The number of fused-ring (bicyclic) bond motifs is 3. The van der Waals surface area contributed by atoms with Gasteiger partial charge in [-0.15, -0.1) is 0 Å². The fourth-order valence-electron chi connectivity index (χ4n) is 6.32. The predicted octanol–water partition coefficient (Wildman–Crippen LogP) is 4.32. The molecule has 0 spiro atoms. The number of aromatic hydroxyl groups is 1. The number of nitrogens with one attached hydrogen (secondary N) is 2. The first kappa shape index (κ1) is 33.0. The zero-order valence-electron chi connectivity index (χ0n) is 22.4. The van der Waals surface area contributed by atoms with E-state index in [0.717, 1.165) is 12.5 Å². The van der Waals surface area contributed by atoms with Crippen molar-refractivity contribution >= 4 is 34.8 Å². The molecular weight excluding hydrogens is 556 g/mol. The average molecular weight is 599 g/mol. The first-order valence-corrected chi connectivity index (χ1v) is 13.2. The van der Waals surface area contributed by atoms with Crippen LogP contribution in [0.15, 0.2) is 47.2 Å². The standard InChI is InChI=1S/C30H30N2O9.2CH4.2H2/c1-13(33)22-21(34)10-18-7-16-8-19-20(31-2)9-17(12-32-11-14-3-5-15(6-4-14)29(39)40)25(35)24(19)26(36)23(16)28(38)30(18,41)27(22)37;;;;/h3-6,9,16,18,31-32,35-37,41H,7-8,10-12H2,1-2H3,(H,39,40);2*1H4;2*1H/t16?,18?,30-;;;;/m1..../s1. The number of carboxylic acids is 1. The molecule has 1 fully saturated rings. The largest absolute Gasteiger partial charge is 0.508 e. The van der Waals surface area contributed by atoms with Crippen molar-refractivity contribution in [1.29, 1.82) is 0 Å². The second-order valence-corrected chi connectivity index (χ2v) is 10.7. The van der Waals surface area contributed by atoms with E-state index < -0.39 is 57.8 Å². The van der Waals surface area contributed by atoms with Crippen molar-refractivity contribution in [3.63, 3.8) is 0 Å². The maximum atomic E-state index is 13.7. The first-order valence-electron chi connectivity index (χ1n) is 13.2. The highest BCUT2D eigenvalue weighted by Crippen LogP contribution is 2.53. The highest BCUT2D eigenvalue weighted by molar-refractivity contribution is 6.23. The highest BCUT2D eigenvalue weighted by atomic mass is 16.4. The lowest BCUT2D eigenvalue weighted by molar-refractivity contribution is -0.147. The molecular formula is C32H42N2O9. The van der Waals surface area contributed by atoms with Gasteiger partial charge in [0.2, 0.25) is 5.78 Å². The zero-order chi connectivity index (χ0) is 29.8. The van der Waals surface area contributed by atoms with Crippen LogP contribution >= 0.6 is 0 Å². The lowest BCUT2D eigenvalue weighted by atomic mass is 9.59. The number of carbonyl (C=O) groups excluding carboxylic acids is 3. The second kappa shape index (κ2) is 12.0. The Hall–Kier alpha value is -4.48. The number of allylic oxidation sites excluding steroid dienone is 1. The third kappa shape index (κ3) is 5.19. The maximum Gasteiger partial charge on any atom is 0.335 e. The molecule has 11 heteroatoms. The van der Waals surface area contributed by atoms with Crippen molar-refractivity contribution in [2.75, 3.05) is 12.4 Å². The molecule has 2 aromatic carbocycles. The monoisotopic (exact) mass is 598 g/mol. The summed E-state index contributed by atoms with van der Waals surface area (Å²) in [6, 6.07) is 8.05. The summed E-state index contributed by atoms with van der Waals surface area (Å²) in [5.74, 6) is -6.79. The number of anilines is 1. The molecule has 0 radical (unpaired) electrons. The third-order valence-corrected chi connectivity index (χ3v) is 8.36. The van der Waals surface area contributed by atoms with Crippen LogP contribution in [0, 0.1) is 11.8 Å². The van der Waals surface area contributed by atoms with E-state index >= 15 is 0 Å². The number of phenolic OH excluding ortho intramolecular Hbond substituents is 1. The third-order valence-electron chi connectivity index (χ3n) is 8.36. The summed E-state index contributed by atoms with van der Waals surface area (Å²) >= 11 is 0. The molecule has 2 aromatic rings. The van der Waals surface area contributed by atoms with Crippen molar-refractivity contribution in [2.24, 2.45) is 11.8 Å². The van der Waals surface area contributed by atoms with E-state index in [1.54, 1.807) is 25.2 Å². The van der Waals surface area contributed by atoms with Gasteiger partial charge in [-0.05, 0) is 55.0 Å². The van der Waals surface area contributed by atoms with Crippen molar-refractivity contribution in [2.45, 2.75) is 59.7 Å². The van der Waals surface area contributed by atoms with Gasteiger partial charge in [-0.1, -0.05) is 27.0 Å². The molecule has 2 unspecified atom stereocenters. The van der Waals surface area contributed by atoms with Crippen LogP contribution in [0.3, 0.4) is 0 Å². The first-order chi connectivity index (χ1) is 19.4. The zero-order valence-corrected chi connectivity index (χ0v) is 22.4. The number of hydrogen-bond donors (Lipinski definition) is 7. The molecule has 234 valence electrons. The molecule has 0 aliphatic heterocycles. The summed E-state index contributed by atoms with van der Waals surface area (Å²) in [4.78, 5) is 49.4. The summed E-state index contributed by atoms with van der Waals surface area (Å²) in [5, 5.41) is 60.2. The van der Waals surface area contributed by atoms with Crippen LogP contribution in [-0.2, 0) is 33.9 Å². The molecule has 0 saturated heterocycles. The van der Waals surface area contributed by atoms with Crippen LogP contribution in [0.4, 0.5) is 5.69 Å². The Morgan fingerprint density at radius 3 is 2.28 bits per heavy atom. The van der Waals surface area contributed by atoms with Gasteiger partial charge in [-0.2, -0.15) is 0 Å². The molecule has 0 bridgehead atoms. The number of carboxylic acid groups (broad SMARTS) is 1. The van der Waals surface area contributed by atoms with E-state index in [2.05, 4.69) is 10.6 Å². The number of aliphatic hydroxyl groups is 3. The van der Waals surface area contributed by atoms with E-state index in [-0.39, 0.29) is 66.0 Å². The Kier molecular flexibility index (Phi) is 9.23. The maximum absolute atomic E-state index is 13.7. The van der Waals surface area contributed by atoms with Gasteiger partial charge in [-0.25, -0.2) is 4.79 Å². The number of aromatic carboxylic acids is 1. The fraction of sp³-hybridized carbons (Fsp3) is 0.375. The summed E-state index contributed by atoms with van der Waals surface area (Å²) in [5.41, 5.74) is -0.727. The lowest BCUT2D eigenvalue weighted by Gasteiger charge is -2.46. The fourth-order valence-corrected chi connectivity index (χ4v) is 6.32. The van der Waals surface area contributed by atoms with E-state index in [1.165, 1.54) is 12.1 Å². The number of Topliss-reactive ketones (excluding diaryl/α,β-unsaturated/α-hetero) is 3. The van der Waals surface area contributed by atoms with Crippen LogP contribution in [0.5, 0.6) is 5.75 Å². The summed E-state index contributed by atoms with van der Waals surface area (Å²) in [6.07, 6.45) is 0.0149. The Morgan fingerprint density at radius 1 is 1.05 bits per heavy atom. The van der Waals surface area contributed by atoms with E-state index in [9.17, 15) is 39.6 Å². The van der Waals surface area contributed by atoms with Crippen molar-refractivity contribution in [3.8, 4) is 5.75 Å².